The highest BCUT2D eigenvalue weighted by atomic mass is 32.2. The lowest BCUT2D eigenvalue weighted by atomic mass is 10.2. The molecule has 1 amide bonds. The van der Waals surface area contributed by atoms with Gasteiger partial charge in [-0.3, -0.25) is 9.36 Å². The number of rotatable bonds is 5. The summed E-state index contributed by atoms with van der Waals surface area (Å²) in [7, 11) is 0. The molecular formula is C21H20N4O3S. The van der Waals surface area contributed by atoms with Gasteiger partial charge in [0.15, 0.2) is 22.5 Å². The molecule has 2 aliphatic rings. The van der Waals surface area contributed by atoms with Gasteiger partial charge in [-0.1, -0.05) is 30.0 Å². The summed E-state index contributed by atoms with van der Waals surface area (Å²) in [5.41, 5.74) is 1.82. The van der Waals surface area contributed by atoms with Gasteiger partial charge in [0.1, 0.15) is 0 Å². The van der Waals surface area contributed by atoms with Crippen molar-refractivity contribution in [2.75, 3.05) is 25.6 Å². The molecular weight excluding hydrogens is 388 g/mol. The molecule has 0 saturated carbocycles. The van der Waals surface area contributed by atoms with E-state index < -0.39 is 0 Å². The topological polar surface area (TPSA) is 69.5 Å². The van der Waals surface area contributed by atoms with Gasteiger partial charge in [0, 0.05) is 24.3 Å². The quantitative estimate of drug-likeness (QED) is 0.603. The van der Waals surface area contributed by atoms with Crippen molar-refractivity contribution in [2.45, 2.75) is 18.0 Å². The molecule has 0 aliphatic carbocycles. The third-order valence-electron chi connectivity index (χ3n) is 5.06. The maximum atomic E-state index is 12.5. The number of benzene rings is 2. The zero-order valence-electron chi connectivity index (χ0n) is 15.8. The van der Waals surface area contributed by atoms with E-state index in [0.717, 1.165) is 42.9 Å². The second-order valence-corrected chi connectivity index (χ2v) is 7.86. The first kappa shape index (κ1) is 18.1. The van der Waals surface area contributed by atoms with Crippen LogP contribution in [0.5, 0.6) is 11.5 Å². The van der Waals surface area contributed by atoms with Gasteiger partial charge in [-0.25, -0.2) is 0 Å². The molecule has 7 nitrogen and oxygen atoms in total. The summed E-state index contributed by atoms with van der Waals surface area (Å²) in [6.07, 6.45) is 2.18. The molecule has 5 rings (SSSR count). The van der Waals surface area contributed by atoms with Crippen molar-refractivity contribution >= 4 is 17.7 Å². The van der Waals surface area contributed by atoms with Crippen LogP contribution >= 0.6 is 11.8 Å². The van der Waals surface area contributed by atoms with Crippen LogP contribution in [0, 0.1) is 0 Å². The standard InChI is InChI=1S/C21H20N4O3S/c26-19(24-10-4-5-11-24)13-29-21-23-22-20(25(21)16-6-2-1-3-7-16)15-8-9-17-18(12-15)28-14-27-17/h1-3,6-9,12H,4-5,10-11,13-14H2. The molecule has 2 aliphatic heterocycles. The molecule has 1 aromatic heterocycles. The van der Waals surface area contributed by atoms with Gasteiger partial charge in [0.05, 0.1) is 5.75 Å². The van der Waals surface area contributed by atoms with E-state index >= 15 is 0 Å². The summed E-state index contributed by atoms with van der Waals surface area (Å²) in [6.45, 7) is 1.93. The van der Waals surface area contributed by atoms with Crippen LogP contribution in [-0.4, -0.2) is 51.2 Å². The molecule has 0 radical (unpaired) electrons. The minimum absolute atomic E-state index is 0.153. The lowest BCUT2D eigenvalue weighted by Gasteiger charge is -2.15. The third kappa shape index (κ3) is 3.55. The number of fused-ring (bicyclic) bond motifs is 1. The van der Waals surface area contributed by atoms with E-state index in [1.165, 1.54) is 11.8 Å². The van der Waals surface area contributed by atoms with Crippen LogP contribution in [0.2, 0.25) is 0 Å². The molecule has 3 heterocycles. The first-order valence-corrected chi connectivity index (χ1v) is 10.6. The van der Waals surface area contributed by atoms with E-state index in [0.29, 0.717) is 22.5 Å². The minimum Gasteiger partial charge on any atom is -0.454 e. The molecule has 0 atom stereocenters. The number of hydrogen-bond donors (Lipinski definition) is 0. The molecule has 3 aromatic rings. The second kappa shape index (κ2) is 7.79. The van der Waals surface area contributed by atoms with E-state index in [-0.39, 0.29) is 12.7 Å². The van der Waals surface area contributed by atoms with Crippen molar-refractivity contribution in [1.29, 1.82) is 0 Å². The summed E-state index contributed by atoms with van der Waals surface area (Å²) >= 11 is 1.42. The zero-order chi connectivity index (χ0) is 19.6. The molecule has 1 fully saturated rings. The van der Waals surface area contributed by atoms with Crippen LogP contribution in [0.3, 0.4) is 0 Å². The third-order valence-corrected chi connectivity index (χ3v) is 5.98. The van der Waals surface area contributed by atoms with Crippen LogP contribution in [-0.2, 0) is 4.79 Å². The largest absolute Gasteiger partial charge is 0.454 e. The Labute approximate surface area is 172 Å². The van der Waals surface area contributed by atoms with E-state index in [9.17, 15) is 4.79 Å². The first-order chi connectivity index (χ1) is 14.3. The van der Waals surface area contributed by atoms with Crippen LogP contribution in [0.15, 0.2) is 53.7 Å². The Kier molecular flexibility index (Phi) is 4.85. The zero-order valence-corrected chi connectivity index (χ0v) is 16.6. The monoisotopic (exact) mass is 408 g/mol. The average molecular weight is 408 g/mol. The molecule has 8 heteroatoms. The molecule has 0 spiro atoms. The van der Waals surface area contributed by atoms with Crippen molar-refractivity contribution in [3.05, 3.63) is 48.5 Å². The van der Waals surface area contributed by atoms with Crippen molar-refractivity contribution in [2.24, 2.45) is 0 Å². The maximum absolute atomic E-state index is 12.5. The number of likely N-dealkylation sites (tertiary alicyclic amines) is 1. The van der Waals surface area contributed by atoms with Gasteiger partial charge in [0.2, 0.25) is 12.7 Å². The number of para-hydroxylation sites is 1. The SMILES string of the molecule is O=C(CSc1nnc(-c2ccc3c(c2)OCO3)n1-c1ccccc1)N1CCCC1. The highest BCUT2D eigenvalue weighted by molar-refractivity contribution is 7.99. The lowest BCUT2D eigenvalue weighted by molar-refractivity contribution is -0.127. The van der Waals surface area contributed by atoms with Gasteiger partial charge < -0.3 is 14.4 Å². The predicted octanol–water partition coefficient (Wildman–Crippen LogP) is 3.38. The van der Waals surface area contributed by atoms with Crippen molar-refractivity contribution < 1.29 is 14.3 Å². The Bertz CT molecular complexity index is 1030. The molecule has 0 N–H and O–H groups in total. The second-order valence-electron chi connectivity index (χ2n) is 6.92. The van der Waals surface area contributed by atoms with Crippen LogP contribution in [0.1, 0.15) is 12.8 Å². The predicted molar refractivity (Wildman–Crippen MR) is 109 cm³/mol. The van der Waals surface area contributed by atoms with Crippen LogP contribution < -0.4 is 9.47 Å². The molecule has 1 saturated heterocycles. The van der Waals surface area contributed by atoms with E-state index in [2.05, 4.69) is 10.2 Å². The highest BCUT2D eigenvalue weighted by Gasteiger charge is 2.22. The molecule has 2 aromatic carbocycles. The fourth-order valence-electron chi connectivity index (χ4n) is 3.58. The van der Waals surface area contributed by atoms with Gasteiger partial charge in [-0.2, -0.15) is 0 Å². The Hall–Kier alpha value is -3.00. The number of nitrogens with zero attached hydrogens (tertiary/aromatic N) is 4. The fourth-order valence-corrected chi connectivity index (χ4v) is 4.43. The number of carbonyl (C=O) groups excluding carboxylic acids is 1. The fraction of sp³-hybridized carbons (Fsp3) is 0.286. The number of hydrogen-bond acceptors (Lipinski definition) is 6. The summed E-state index contributed by atoms with van der Waals surface area (Å²) in [5.74, 6) is 2.63. The summed E-state index contributed by atoms with van der Waals surface area (Å²) < 4.78 is 12.9. The lowest BCUT2D eigenvalue weighted by Crippen LogP contribution is -2.29. The summed E-state index contributed by atoms with van der Waals surface area (Å²) in [5, 5.41) is 9.52. The summed E-state index contributed by atoms with van der Waals surface area (Å²) in [4.78, 5) is 14.4. The number of thioether (sulfide) groups is 1. The first-order valence-electron chi connectivity index (χ1n) is 9.61. The minimum atomic E-state index is 0.153. The van der Waals surface area contributed by atoms with Gasteiger partial charge in [-0.05, 0) is 43.2 Å². The van der Waals surface area contributed by atoms with Crippen molar-refractivity contribution in [3.8, 4) is 28.6 Å². The van der Waals surface area contributed by atoms with Gasteiger partial charge >= 0.3 is 0 Å². The van der Waals surface area contributed by atoms with Gasteiger partial charge in [-0.15, -0.1) is 10.2 Å². The normalized spacial score (nSPS) is 15.1. The number of carbonyl (C=O) groups is 1. The van der Waals surface area contributed by atoms with Crippen molar-refractivity contribution in [3.63, 3.8) is 0 Å². The molecule has 29 heavy (non-hydrogen) atoms. The molecule has 148 valence electrons. The van der Waals surface area contributed by atoms with Crippen LogP contribution in [0.4, 0.5) is 0 Å². The maximum Gasteiger partial charge on any atom is 0.233 e. The molecule has 0 unspecified atom stereocenters. The number of aromatic nitrogens is 3. The molecule has 0 bridgehead atoms. The van der Waals surface area contributed by atoms with E-state index in [1.807, 2.05) is 58.0 Å². The smallest absolute Gasteiger partial charge is 0.233 e. The Balaban J connectivity index is 1.48. The van der Waals surface area contributed by atoms with Crippen molar-refractivity contribution in [1.82, 2.24) is 19.7 Å². The Morgan fingerprint density at radius 1 is 1.00 bits per heavy atom. The van der Waals surface area contributed by atoms with E-state index in [1.54, 1.807) is 0 Å². The highest BCUT2D eigenvalue weighted by Crippen LogP contribution is 2.37. The van der Waals surface area contributed by atoms with Gasteiger partial charge in [0.25, 0.3) is 0 Å². The Morgan fingerprint density at radius 2 is 1.79 bits per heavy atom. The average Bonchev–Trinajstić information content (AvgIpc) is 3.52. The number of ether oxygens (including phenoxy) is 2. The number of amides is 1. The summed E-state index contributed by atoms with van der Waals surface area (Å²) in [6, 6.07) is 15.7. The Morgan fingerprint density at radius 3 is 2.62 bits per heavy atom. The van der Waals surface area contributed by atoms with Crippen LogP contribution in [0.25, 0.3) is 17.1 Å². The van der Waals surface area contributed by atoms with E-state index in [4.69, 9.17) is 9.47 Å².